The maximum absolute atomic E-state index is 8.63. The quantitative estimate of drug-likeness (QED) is 0.704. The molecule has 0 radical (unpaired) electrons. The summed E-state index contributed by atoms with van der Waals surface area (Å²) in [6.45, 7) is 4.31. The summed E-state index contributed by atoms with van der Waals surface area (Å²) >= 11 is 0. The summed E-state index contributed by atoms with van der Waals surface area (Å²) in [7, 11) is 0. The first-order valence-corrected chi connectivity index (χ1v) is 4.56. The van der Waals surface area contributed by atoms with E-state index in [9.17, 15) is 0 Å². The second-order valence-electron chi connectivity index (χ2n) is 2.70. The van der Waals surface area contributed by atoms with Crippen molar-refractivity contribution in [3.05, 3.63) is 23.9 Å². The van der Waals surface area contributed by atoms with E-state index in [-0.39, 0.29) is 0 Å². The second-order valence-corrected chi connectivity index (χ2v) is 2.70. The van der Waals surface area contributed by atoms with Crippen LogP contribution in [0.15, 0.2) is 18.3 Å². The van der Waals surface area contributed by atoms with Gasteiger partial charge in [0, 0.05) is 18.8 Å². The van der Waals surface area contributed by atoms with Gasteiger partial charge in [-0.1, -0.05) is 6.92 Å². The highest BCUT2D eigenvalue weighted by atomic mass is 16.5. The maximum atomic E-state index is 8.63. The van der Waals surface area contributed by atoms with Gasteiger partial charge in [-0.25, -0.2) is 4.98 Å². The molecule has 1 rings (SSSR count). The third kappa shape index (κ3) is 3.42. The molecular formula is C10H13N3O. The number of nitrogens with one attached hydrogen (secondary N) is 1. The van der Waals surface area contributed by atoms with Crippen molar-refractivity contribution in [3.8, 4) is 11.9 Å². The van der Waals surface area contributed by atoms with Gasteiger partial charge in [0.25, 0.3) is 0 Å². The van der Waals surface area contributed by atoms with Crippen LogP contribution < -0.4 is 10.1 Å². The molecule has 0 spiro atoms. The van der Waals surface area contributed by atoms with E-state index in [1.165, 1.54) is 0 Å². The molecule has 0 aliphatic carbocycles. The third-order valence-electron chi connectivity index (χ3n) is 1.64. The molecule has 1 heterocycles. The number of nitriles is 1. The van der Waals surface area contributed by atoms with Gasteiger partial charge in [0.1, 0.15) is 6.61 Å². The minimum absolute atomic E-state index is 0.502. The smallest absolute Gasteiger partial charge is 0.214 e. The highest BCUT2D eigenvalue weighted by Crippen LogP contribution is 2.07. The molecule has 0 fully saturated rings. The van der Waals surface area contributed by atoms with Crippen LogP contribution in [0.2, 0.25) is 0 Å². The molecule has 0 aliphatic heterocycles. The molecule has 0 aliphatic rings. The first-order chi connectivity index (χ1) is 6.86. The number of pyridine rings is 1. The van der Waals surface area contributed by atoms with E-state index in [1.807, 2.05) is 13.0 Å². The van der Waals surface area contributed by atoms with Gasteiger partial charge in [-0.05, 0) is 12.6 Å². The molecule has 1 N–H and O–H groups in total. The zero-order valence-electron chi connectivity index (χ0n) is 8.16. The highest BCUT2D eigenvalue weighted by Gasteiger charge is 1.96. The normalized spacial score (nSPS) is 9.43. The van der Waals surface area contributed by atoms with E-state index in [4.69, 9.17) is 10.00 Å². The number of hydrogen-bond donors (Lipinski definition) is 1. The molecule has 0 unspecified atom stereocenters. The van der Waals surface area contributed by atoms with Crippen molar-refractivity contribution in [2.24, 2.45) is 0 Å². The topological polar surface area (TPSA) is 57.9 Å². The zero-order chi connectivity index (χ0) is 10.2. The minimum atomic E-state index is 0.502. The van der Waals surface area contributed by atoms with Gasteiger partial charge in [-0.3, -0.25) is 0 Å². The first-order valence-electron chi connectivity index (χ1n) is 4.56. The highest BCUT2D eigenvalue weighted by molar-refractivity contribution is 5.31. The standard InChI is InChI=1S/C10H13N3O/c1-2-12-5-6-14-10-7-9(8-11)3-4-13-10/h3-4,7,12H,2,5-6H2,1H3. The number of likely N-dealkylation sites (N-methyl/N-ethyl adjacent to an activating group) is 1. The number of aromatic nitrogens is 1. The minimum Gasteiger partial charge on any atom is -0.476 e. The number of ether oxygens (including phenoxy) is 1. The van der Waals surface area contributed by atoms with E-state index in [2.05, 4.69) is 10.3 Å². The van der Waals surface area contributed by atoms with Crippen LogP contribution in [0.3, 0.4) is 0 Å². The third-order valence-corrected chi connectivity index (χ3v) is 1.64. The molecule has 1 aromatic heterocycles. The molecule has 0 amide bonds. The Hall–Kier alpha value is -1.60. The zero-order valence-corrected chi connectivity index (χ0v) is 8.16. The van der Waals surface area contributed by atoms with E-state index < -0.39 is 0 Å². The van der Waals surface area contributed by atoms with Gasteiger partial charge in [0.05, 0.1) is 11.6 Å². The lowest BCUT2D eigenvalue weighted by atomic mass is 10.3. The van der Waals surface area contributed by atoms with Crippen LogP contribution in [0.5, 0.6) is 5.88 Å². The Morgan fingerprint density at radius 2 is 2.50 bits per heavy atom. The van der Waals surface area contributed by atoms with Crippen molar-refractivity contribution >= 4 is 0 Å². The van der Waals surface area contributed by atoms with Crippen molar-refractivity contribution < 1.29 is 4.74 Å². The number of rotatable bonds is 5. The summed E-state index contributed by atoms with van der Waals surface area (Å²) in [5, 5.41) is 11.8. The Labute approximate surface area is 83.5 Å². The fraction of sp³-hybridized carbons (Fsp3) is 0.400. The van der Waals surface area contributed by atoms with Crippen molar-refractivity contribution in [2.45, 2.75) is 6.92 Å². The van der Waals surface area contributed by atoms with Gasteiger partial charge < -0.3 is 10.1 Å². The molecular weight excluding hydrogens is 178 g/mol. The molecule has 74 valence electrons. The fourth-order valence-electron chi connectivity index (χ4n) is 0.962. The lowest BCUT2D eigenvalue weighted by molar-refractivity contribution is 0.303. The molecule has 4 nitrogen and oxygen atoms in total. The Morgan fingerprint density at radius 1 is 1.64 bits per heavy atom. The number of hydrogen-bond acceptors (Lipinski definition) is 4. The summed E-state index contributed by atoms with van der Waals surface area (Å²) < 4.78 is 5.33. The largest absolute Gasteiger partial charge is 0.476 e. The monoisotopic (exact) mass is 191 g/mol. The molecule has 0 atom stereocenters. The number of nitrogens with zero attached hydrogens (tertiary/aromatic N) is 2. The molecule has 1 aromatic rings. The van der Waals surface area contributed by atoms with Gasteiger partial charge in [0.2, 0.25) is 5.88 Å². The van der Waals surface area contributed by atoms with Crippen molar-refractivity contribution in [3.63, 3.8) is 0 Å². The van der Waals surface area contributed by atoms with E-state index in [0.717, 1.165) is 13.1 Å². The lowest BCUT2D eigenvalue weighted by Gasteiger charge is -2.04. The van der Waals surface area contributed by atoms with Crippen LogP contribution >= 0.6 is 0 Å². The van der Waals surface area contributed by atoms with Crippen molar-refractivity contribution in [1.82, 2.24) is 10.3 Å². The Morgan fingerprint density at radius 3 is 3.21 bits per heavy atom. The van der Waals surface area contributed by atoms with Crippen LogP contribution in [0.25, 0.3) is 0 Å². The van der Waals surface area contributed by atoms with Crippen molar-refractivity contribution in [2.75, 3.05) is 19.7 Å². The Bertz CT molecular complexity index is 319. The van der Waals surface area contributed by atoms with Crippen LogP contribution in [0, 0.1) is 11.3 Å². The van der Waals surface area contributed by atoms with Crippen molar-refractivity contribution in [1.29, 1.82) is 5.26 Å². The van der Waals surface area contributed by atoms with Gasteiger partial charge in [0.15, 0.2) is 0 Å². The molecule has 14 heavy (non-hydrogen) atoms. The Kier molecular flexibility index (Phi) is 4.45. The van der Waals surface area contributed by atoms with Gasteiger partial charge in [-0.15, -0.1) is 0 Å². The van der Waals surface area contributed by atoms with E-state index >= 15 is 0 Å². The molecule has 4 heteroatoms. The van der Waals surface area contributed by atoms with Crippen LogP contribution in [-0.4, -0.2) is 24.7 Å². The van der Waals surface area contributed by atoms with E-state index in [0.29, 0.717) is 18.1 Å². The van der Waals surface area contributed by atoms with Crippen LogP contribution in [0.4, 0.5) is 0 Å². The van der Waals surface area contributed by atoms with Crippen LogP contribution in [-0.2, 0) is 0 Å². The Balaban J connectivity index is 2.39. The van der Waals surface area contributed by atoms with Crippen LogP contribution in [0.1, 0.15) is 12.5 Å². The predicted octanol–water partition coefficient (Wildman–Crippen LogP) is 0.942. The first kappa shape index (κ1) is 10.5. The van der Waals surface area contributed by atoms with E-state index in [1.54, 1.807) is 18.3 Å². The molecule has 0 bridgehead atoms. The lowest BCUT2D eigenvalue weighted by Crippen LogP contribution is -2.20. The SMILES string of the molecule is CCNCCOc1cc(C#N)ccn1. The average molecular weight is 191 g/mol. The molecule has 0 aromatic carbocycles. The summed E-state index contributed by atoms with van der Waals surface area (Å²) in [4.78, 5) is 3.98. The van der Waals surface area contributed by atoms with Gasteiger partial charge >= 0.3 is 0 Å². The fourth-order valence-corrected chi connectivity index (χ4v) is 0.962. The molecule has 0 saturated carbocycles. The summed E-state index contributed by atoms with van der Waals surface area (Å²) in [6, 6.07) is 5.31. The summed E-state index contributed by atoms with van der Waals surface area (Å²) in [6.07, 6.45) is 1.57. The van der Waals surface area contributed by atoms with Gasteiger partial charge in [-0.2, -0.15) is 5.26 Å². The second kappa shape index (κ2) is 5.95. The molecule has 0 saturated heterocycles. The predicted molar refractivity (Wildman–Crippen MR) is 53.0 cm³/mol. The summed E-state index contributed by atoms with van der Waals surface area (Å²) in [5.41, 5.74) is 0.568. The average Bonchev–Trinajstić information content (AvgIpc) is 2.25. The maximum Gasteiger partial charge on any atom is 0.214 e. The summed E-state index contributed by atoms with van der Waals surface area (Å²) in [5.74, 6) is 0.502.